The van der Waals surface area contributed by atoms with Crippen molar-refractivity contribution in [3.8, 4) is 0 Å². The molecule has 26 heavy (non-hydrogen) atoms. The predicted octanol–water partition coefficient (Wildman–Crippen LogP) is 3.51. The maximum absolute atomic E-state index is 13.8. The van der Waals surface area contributed by atoms with Crippen LogP contribution in [0.15, 0.2) is 65.6 Å². The Bertz CT molecular complexity index is 1140. The highest BCUT2D eigenvalue weighted by Crippen LogP contribution is 2.43. The van der Waals surface area contributed by atoms with Crippen LogP contribution >= 0.6 is 0 Å². The average molecular weight is 370 g/mol. The van der Waals surface area contributed by atoms with Gasteiger partial charge in [0.2, 0.25) is 5.91 Å². The Hall–Kier alpha value is -2.93. The van der Waals surface area contributed by atoms with Crippen LogP contribution in [-0.4, -0.2) is 20.4 Å². The Labute approximate surface area is 150 Å². The van der Waals surface area contributed by atoms with E-state index in [1.165, 1.54) is 31.2 Å². The number of hydrogen-bond donors (Lipinski definition) is 1. The van der Waals surface area contributed by atoms with Crippen molar-refractivity contribution in [1.82, 2.24) is 0 Å². The lowest BCUT2D eigenvalue weighted by atomic mass is 10.1. The molecule has 1 aliphatic heterocycles. The molecule has 0 aliphatic carbocycles. The summed E-state index contributed by atoms with van der Waals surface area (Å²) in [6.45, 7) is 1.48. The molecule has 0 saturated heterocycles. The Morgan fingerprint density at radius 2 is 1.73 bits per heavy atom. The first-order valence-electron chi connectivity index (χ1n) is 8.03. The molecule has 0 saturated carbocycles. The zero-order valence-corrected chi connectivity index (χ0v) is 14.6. The van der Waals surface area contributed by atoms with E-state index in [1.807, 2.05) is 12.1 Å². The van der Waals surface area contributed by atoms with E-state index in [-0.39, 0.29) is 10.6 Å². The zero-order valence-electron chi connectivity index (χ0n) is 13.8. The molecule has 0 spiro atoms. The third-order valence-corrected chi connectivity index (χ3v) is 6.41. The van der Waals surface area contributed by atoms with Crippen molar-refractivity contribution in [3.63, 3.8) is 0 Å². The van der Waals surface area contributed by atoms with Gasteiger partial charge in [-0.1, -0.05) is 36.4 Å². The summed E-state index contributed by atoms with van der Waals surface area (Å²) in [6, 6.07) is 15.0. The van der Waals surface area contributed by atoms with E-state index in [2.05, 4.69) is 5.32 Å². The summed E-state index contributed by atoms with van der Waals surface area (Å²) >= 11 is 0. The second-order valence-electron chi connectivity index (χ2n) is 6.08. The lowest BCUT2D eigenvalue weighted by Gasteiger charge is -2.25. The van der Waals surface area contributed by atoms with Gasteiger partial charge in [0.25, 0.3) is 10.0 Å². The highest BCUT2D eigenvalue weighted by Gasteiger charge is 2.40. The van der Waals surface area contributed by atoms with Crippen molar-refractivity contribution >= 4 is 38.1 Å². The van der Waals surface area contributed by atoms with Crippen molar-refractivity contribution in [2.24, 2.45) is 0 Å². The standard InChI is InChI=1S/C19H15FN2O3S/c1-12(19(23)21-15-9-3-2-8-14(15)20)22-16-10-4-6-13-7-5-11-17(18(13)16)26(22,24)25/h2-12H,1H3,(H,21,23)/t12-/m0/s1. The van der Waals surface area contributed by atoms with E-state index < -0.39 is 27.8 Å². The molecule has 3 aromatic rings. The number of rotatable bonds is 3. The number of sulfonamides is 1. The number of carbonyl (C=O) groups is 1. The molecule has 0 bridgehead atoms. The van der Waals surface area contributed by atoms with Gasteiger partial charge in [-0.05, 0) is 36.6 Å². The summed E-state index contributed by atoms with van der Waals surface area (Å²) in [6.07, 6.45) is 0. The van der Waals surface area contributed by atoms with Gasteiger partial charge in [0.05, 0.1) is 16.3 Å². The number of hydrogen-bond acceptors (Lipinski definition) is 3. The molecule has 0 radical (unpaired) electrons. The maximum atomic E-state index is 13.8. The summed E-state index contributed by atoms with van der Waals surface area (Å²) in [5.74, 6) is -1.19. The molecule has 5 nitrogen and oxygen atoms in total. The molecule has 1 atom stereocenters. The minimum Gasteiger partial charge on any atom is -0.322 e. The van der Waals surface area contributed by atoms with Gasteiger partial charge in [0.1, 0.15) is 11.9 Å². The number of benzene rings is 3. The Kier molecular flexibility index (Phi) is 3.69. The molecule has 0 fully saturated rings. The molecule has 1 heterocycles. The number of para-hydroxylation sites is 1. The van der Waals surface area contributed by atoms with Crippen molar-refractivity contribution in [3.05, 3.63) is 66.5 Å². The monoisotopic (exact) mass is 370 g/mol. The van der Waals surface area contributed by atoms with Crippen LogP contribution in [0.2, 0.25) is 0 Å². The Morgan fingerprint density at radius 3 is 2.46 bits per heavy atom. The molecule has 0 aromatic heterocycles. The van der Waals surface area contributed by atoms with Crippen LogP contribution in [0, 0.1) is 5.82 Å². The topological polar surface area (TPSA) is 66.5 Å². The van der Waals surface area contributed by atoms with Crippen molar-refractivity contribution < 1.29 is 17.6 Å². The highest BCUT2D eigenvalue weighted by atomic mass is 32.2. The van der Waals surface area contributed by atoms with E-state index in [4.69, 9.17) is 0 Å². The SMILES string of the molecule is C[C@@H](C(=O)Nc1ccccc1F)N1c2cccc3cccc(c23)S1(=O)=O. The summed E-state index contributed by atoms with van der Waals surface area (Å²) in [5, 5.41) is 3.85. The van der Waals surface area contributed by atoms with E-state index in [1.54, 1.807) is 24.3 Å². The van der Waals surface area contributed by atoms with E-state index >= 15 is 0 Å². The van der Waals surface area contributed by atoms with Crippen molar-refractivity contribution in [2.75, 3.05) is 9.62 Å². The third kappa shape index (κ3) is 2.35. The molecular formula is C19H15FN2O3S. The van der Waals surface area contributed by atoms with Crippen LogP contribution in [0.25, 0.3) is 10.8 Å². The summed E-state index contributed by atoms with van der Waals surface area (Å²) in [4.78, 5) is 12.8. The molecule has 7 heteroatoms. The lowest BCUT2D eigenvalue weighted by molar-refractivity contribution is -0.116. The minimum atomic E-state index is -3.87. The second kappa shape index (κ2) is 5.81. The fourth-order valence-electron chi connectivity index (χ4n) is 3.24. The van der Waals surface area contributed by atoms with Crippen LogP contribution < -0.4 is 9.62 Å². The van der Waals surface area contributed by atoms with Gasteiger partial charge >= 0.3 is 0 Å². The van der Waals surface area contributed by atoms with E-state index in [0.717, 1.165) is 9.69 Å². The number of amides is 1. The van der Waals surface area contributed by atoms with Crippen LogP contribution in [-0.2, 0) is 14.8 Å². The third-order valence-electron chi connectivity index (χ3n) is 4.48. The van der Waals surface area contributed by atoms with Gasteiger partial charge in [0.15, 0.2) is 0 Å². The summed E-state index contributed by atoms with van der Waals surface area (Å²) in [7, 11) is -3.87. The fraction of sp³-hybridized carbons (Fsp3) is 0.105. The summed E-state index contributed by atoms with van der Waals surface area (Å²) < 4.78 is 40.9. The maximum Gasteiger partial charge on any atom is 0.265 e. The van der Waals surface area contributed by atoms with Crippen molar-refractivity contribution in [2.45, 2.75) is 17.9 Å². The van der Waals surface area contributed by atoms with E-state index in [0.29, 0.717) is 11.1 Å². The van der Waals surface area contributed by atoms with Gasteiger partial charge < -0.3 is 5.32 Å². The van der Waals surface area contributed by atoms with Crippen molar-refractivity contribution in [1.29, 1.82) is 0 Å². The largest absolute Gasteiger partial charge is 0.322 e. The molecule has 3 aromatic carbocycles. The fourth-order valence-corrected chi connectivity index (χ4v) is 5.11. The molecule has 132 valence electrons. The summed E-state index contributed by atoms with van der Waals surface area (Å²) in [5.41, 5.74) is 0.464. The first kappa shape index (κ1) is 16.5. The Morgan fingerprint density at radius 1 is 1.04 bits per heavy atom. The number of nitrogens with zero attached hydrogens (tertiary/aromatic N) is 1. The molecule has 4 rings (SSSR count). The van der Waals surface area contributed by atoms with Gasteiger partial charge in [-0.25, -0.2) is 12.8 Å². The first-order chi connectivity index (χ1) is 12.4. The number of nitrogens with one attached hydrogen (secondary N) is 1. The first-order valence-corrected chi connectivity index (χ1v) is 9.47. The molecule has 0 unspecified atom stereocenters. The van der Waals surface area contributed by atoms with Crippen LogP contribution in [0.5, 0.6) is 0 Å². The van der Waals surface area contributed by atoms with Gasteiger partial charge in [-0.2, -0.15) is 0 Å². The number of carbonyl (C=O) groups excluding carboxylic acids is 1. The van der Waals surface area contributed by atoms with Gasteiger partial charge in [-0.3, -0.25) is 9.10 Å². The normalized spacial score (nSPS) is 15.8. The van der Waals surface area contributed by atoms with Crippen LogP contribution in [0.3, 0.4) is 0 Å². The van der Waals surface area contributed by atoms with Crippen LogP contribution in [0.4, 0.5) is 15.8 Å². The highest BCUT2D eigenvalue weighted by molar-refractivity contribution is 7.93. The minimum absolute atomic E-state index is 0.0108. The molecule has 1 N–H and O–H groups in total. The zero-order chi connectivity index (χ0) is 18.5. The molecular weight excluding hydrogens is 355 g/mol. The predicted molar refractivity (Wildman–Crippen MR) is 98.1 cm³/mol. The van der Waals surface area contributed by atoms with E-state index in [9.17, 15) is 17.6 Å². The average Bonchev–Trinajstić information content (AvgIpc) is 2.85. The van der Waals surface area contributed by atoms with Gasteiger partial charge in [-0.15, -0.1) is 0 Å². The Balaban J connectivity index is 1.75. The lowest BCUT2D eigenvalue weighted by Crippen LogP contribution is -2.44. The number of anilines is 2. The molecule has 1 amide bonds. The van der Waals surface area contributed by atoms with Crippen LogP contribution in [0.1, 0.15) is 6.92 Å². The smallest absolute Gasteiger partial charge is 0.265 e. The van der Waals surface area contributed by atoms with Gasteiger partial charge in [0, 0.05) is 5.39 Å². The second-order valence-corrected chi connectivity index (χ2v) is 7.86. The quantitative estimate of drug-likeness (QED) is 0.767. The number of halogens is 1. The molecule has 1 aliphatic rings.